The minimum atomic E-state index is 0. The van der Waals surface area contributed by atoms with Crippen LogP contribution in [-0.2, 0) is 16.5 Å². The summed E-state index contributed by atoms with van der Waals surface area (Å²) in [6.07, 6.45) is 32.9. The van der Waals surface area contributed by atoms with Crippen LogP contribution in [0, 0.1) is 0 Å². The molecule has 0 atom stereocenters. The van der Waals surface area contributed by atoms with Gasteiger partial charge in [0.1, 0.15) is 0 Å². The Morgan fingerprint density at radius 1 is 0.538 bits per heavy atom. The van der Waals surface area contributed by atoms with E-state index in [9.17, 15) is 0 Å². The molecule has 0 amide bonds. The standard InChI is InChI=1S/C36H54N2.Ni/c1-2-3-4-5-6-7-8-9-10-11-12-13-14-15-16-17-18-19-20-23-32-36(38-35-30-26-22-27-31-35)33-37-34-28-24-21-25-29-34;/h21-33H,2-20H2,1H3;/b32-23+,37-33?,38-36?;. The predicted octanol–water partition coefficient (Wildman–Crippen LogP) is 12.1. The third-order valence-electron chi connectivity index (χ3n) is 7.13. The van der Waals surface area contributed by atoms with E-state index in [0.717, 1.165) is 23.5 Å². The zero-order valence-electron chi connectivity index (χ0n) is 24.7. The fraction of sp³-hybridized carbons (Fsp3) is 0.556. The third kappa shape index (κ3) is 20.6. The van der Waals surface area contributed by atoms with Crippen molar-refractivity contribution in [1.82, 2.24) is 0 Å². The minimum absolute atomic E-state index is 0. The van der Waals surface area contributed by atoms with Crippen LogP contribution in [0.2, 0.25) is 0 Å². The summed E-state index contributed by atoms with van der Waals surface area (Å²) in [5, 5.41) is 0. The molecular formula is C36H54N2Ni. The van der Waals surface area contributed by atoms with Gasteiger partial charge in [0.15, 0.2) is 0 Å². The zero-order chi connectivity index (χ0) is 26.8. The van der Waals surface area contributed by atoms with Crippen molar-refractivity contribution < 1.29 is 16.5 Å². The maximum absolute atomic E-state index is 4.77. The summed E-state index contributed by atoms with van der Waals surface area (Å²) in [6.45, 7) is 2.30. The predicted molar refractivity (Wildman–Crippen MR) is 171 cm³/mol. The number of allylic oxidation sites excluding steroid dienone is 2. The van der Waals surface area contributed by atoms with Crippen molar-refractivity contribution in [2.24, 2.45) is 9.98 Å². The van der Waals surface area contributed by atoms with Crippen LogP contribution in [-0.4, -0.2) is 11.9 Å². The van der Waals surface area contributed by atoms with Gasteiger partial charge in [0.2, 0.25) is 0 Å². The monoisotopic (exact) mass is 572 g/mol. The summed E-state index contributed by atoms with van der Waals surface area (Å²) in [6, 6.07) is 20.2. The molecule has 0 fully saturated rings. The van der Waals surface area contributed by atoms with Crippen molar-refractivity contribution in [3.63, 3.8) is 0 Å². The first-order chi connectivity index (χ1) is 18.9. The molecule has 3 heteroatoms. The molecule has 218 valence electrons. The van der Waals surface area contributed by atoms with E-state index in [2.05, 4.69) is 24.1 Å². The zero-order valence-corrected chi connectivity index (χ0v) is 25.6. The van der Waals surface area contributed by atoms with Crippen LogP contribution in [0.3, 0.4) is 0 Å². The quantitative estimate of drug-likeness (QED) is 0.0718. The largest absolute Gasteiger partial charge is 0.255 e. The molecule has 0 radical (unpaired) electrons. The maximum Gasteiger partial charge on any atom is 0.0816 e. The van der Waals surface area contributed by atoms with Gasteiger partial charge in [0.05, 0.1) is 23.3 Å². The van der Waals surface area contributed by atoms with Gasteiger partial charge in [0, 0.05) is 16.5 Å². The summed E-state index contributed by atoms with van der Waals surface area (Å²) in [7, 11) is 0. The molecule has 0 saturated carbocycles. The van der Waals surface area contributed by atoms with Crippen molar-refractivity contribution in [2.75, 3.05) is 0 Å². The second kappa shape index (κ2) is 26.2. The van der Waals surface area contributed by atoms with Crippen molar-refractivity contribution in [3.8, 4) is 0 Å². The fourth-order valence-corrected chi connectivity index (χ4v) is 4.78. The SMILES string of the molecule is CCCCCCCCCCCCCCCCCCCC/C=C/C(C=Nc1ccccc1)=Nc1ccccc1.[Ni]. The Morgan fingerprint density at radius 3 is 1.41 bits per heavy atom. The number of hydrogen-bond donors (Lipinski definition) is 0. The normalized spacial score (nSPS) is 11.9. The van der Waals surface area contributed by atoms with Crippen LogP contribution in [0.25, 0.3) is 0 Å². The van der Waals surface area contributed by atoms with Crippen molar-refractivity contribution in [3.05, 3.63) is 72.8 Å². The van der Waals surface area contributed by atoms with Gasteiger partial charge in [-0.1, -0.05) is 159 Å². The van der Waals surface area contributed by atoms with E-state index in [0.29, 0.717) is 0 Å². The van der Waals surface area contributed by atoms with Crippen LogP contribution in [0.15, 0.2) is 82.8 Å². The Labute approximate surface area is 250 Å². The molecule has 2 rings (SSSR count). The van der Waals surface area contributed by atoms with Crippen LogP contribution in [0.4, 0.5) is 11.4 Å². The molecule has 2 nitrogen and oxygen atoms in total. The molecule has 0 aromatic heterocycles. The summed E-state index contributed by atoms with van der Waals surface area (Å²) in [5.41, 5.74) is 2.80. The van der Waals surface area contributed by atoms with E-state index in [4.69, 9.17) is 4.99 Å². The molecule has 39 heavy (non-hydrogen) atoms. The summed E-state index contributed by atoms with van der Waals surface area (Å²) >= 11 is 0. The molecule has 0 heterocycles. The van der Waals surface area contributed by atoms with E-state index in [1.54, 1.807) is 0 Å². The summed E-state index contributed by atoms with van der Waals surface area (Å²) < 4.78 is 0. The minimum Gasteiger partial charge on any atom is -0.255 e. The van der Waals surface area contributed by atoms with Gasteiger partial charge in [-0.3, -0.25) is 4.99 Å². The average molecular weight is 574 g/mol. The van der Waals surface area contributed by atoms with Crippen molar-refractivity contribution >= 4 is 23.3 Å². The van der Waals surface area contributed by atoms with Crippen LogP contribution in [0.5, 0.6) is 0 Å². The molecule has 0 aliphatic carbocycles. The summed E-state index contributed by atoms with van der Waals surface area (Å²) in [5.74, 6) is 0. The van der Waals surface area contributed by atoms with Gasteiger partial charge in [-0.15, -0.1) is 0 Å². The van der Waals surface area contributed by atoms with E-state index >= 15 is 0 Å². The van der Waals surface area contributed by atoms with Gasteiger partial charge in [-0.05, 0) is 43.2 Å². The topological polar surface area (TPSA) is 24.7 Å². The van der Waals surface area contributed by atoms with Gasteiger partial charge >= 0.3 is 0 Å². The number of rotatable bonds is 23. The Kier molecular flexibility index (Phi) is 23.6. The second-order valence-corrected chi connectivity index (χ2v) is 10.7. The third-order valence-corrected chi connectivity index (χ3v) is 7.13. The molecular weight excluding hydrogens is 519 g/mol. The van der Waals surface area contributed by atoms with Crippen molar-refractivity contribution in [2.45, 2.75) is 129 Å². The van der Waals surface area contributed by atoms with E-state index in [-0.39, 0.29) is 16.5 Å². The Balaban J connectivity index is 0.00000760. The van der Waals surface area contributed by atoms with Gasteiger partial charge in [0.25, 0.3) is 0 Å². The molecule has 0 unspecified atom stereocenters. The Bertz CT molecular complexity index is 873. The van der Waals surface area contributed by atoms with Gasteiger partial charge in [-0.25, -0.2) is 4.99 Å². The first-order valence-corrected chi connectivity index (χ1v) is 15.8. The van der Waals surface area contributed by atoms with E-state index in [1.807, 2.05) is 66.9 Å². The molecule has 2 aromatic rings. The first-order valence-electron chi connectivity index (χ1n) is 15.8. The van der Waals surface area contributed by atoms with Gasteiger partial charge in [-0.2, -0.15) is 0 Å². The summed E-state index contributed by atoms with van der Waals surface area (Å²) in [4.78, 5) is 9.37. The number of benzene rings is 2. The number of para-hydroxylation sites is 2. The van der Waals surface area contributed by atoms with E-state index < -0.39 is 0 Å². The molecule has 0 aliphatic rings. The van der Waals surface area contributed by atoms with Gasteiger partial charge < -0.3 is 0 Å². The van der Waals surface area contributed by atoms with Crippen LogP contribution in [0.1, 0.15) is 129 Å². The number of unbranched alkanes of at least 4 members (excludes halogenated alkanes) is 18. The fourth-order valence-electron chi connectivity index (χ4n) is 4.78. The number of nitrogens with zero attached hydrogens (tertiary/aromatic N) is 2. The second-order valence-electron chi connectivity index (χ2n) is 10.7. The maximum atomic E-state index is 4.77. The molecule has 0 aliphatic heterocycles. The Hall–Kier alpha value is -1.99. The molecule has 0 N–H and O–H groups in total. The molecule has 0 bridgehead atoms. The number of aliphatic imine (C=N–C) groups is 2. The molecule has 2 aromatic carbocycles. The average Bonchev–Trinajstić information content (AvgIpc) is 2.96. The van der Waals surface area contributed by atoms with Crippen LogP contribution < -0.4 is 0 Å². The van der Waals surface area contributed by atoms with Crippen molar-refractivity contribution in [1.29, 1.82) is 0 Å². The smallest absolute Gasteiger partial charge is 0.0816 e. The number of hydrogen-bond acceptors (Lipinski definition) is 2. The first kappa shape index (κ1) is 35.0. The molecule has 0 saturated heterocycles. The van der Waals surface area contributed by atoms with E-state index in [1.165, 1.54) is 116 Å². The Morgan fingerprint density at radius 2 is 0.949 bits per heavy atom. The molecule has 0 spiro atoms. The van der Waals surface area contributed by atoms with Crippen LogP contribution >= 0.6 is 0 Å².